The first-order valence-electron chi connectivity index (χ1n) is 9.16. The first-order chi connectivity index (χ1) is 12.2. The van der Waals surface area contributed by atoms with Crippen LogP contribution in [0, 0.1) is 0 Å². The summed E-state index contributed by atoms with van der Waals surface area (Å²) in [5, 5.41) is 16.7. The van der Waals surface area contributed by atoms with Gasteiger partial charge >= 0.3 is 0 Å². The van der Waals surface area contributed by atoms with Crippen LogP contribution in [0.1, 0.15) is 37.7 Å². The van der Waals surface area contributed by atoms with Crippen molar-refractivity contribution >= 4 is 10.8 Å². The zero-order valence-electron chi connectivity index (χ0n) is 14.8. The molecule has 2 aromatic carbocycles. The molecule has 2 aliphatic heterocycles. The molecule has 2 saturated heterocycles. The largest absolute Gasteiger partial charge is 0.391 e. The second-order valence-corrected chi connectivity index (χ2v) is 7.13. The maximum absolute atomic E-state index is 10.6. The van der Waals surface area contributed by atoms with Crippen LogP contribution >= 0.6 is 0 Å². The number of piperidine rings is 1. The van der Waals surface area contributed by atoms with Crippen molar-refractivity contribution in [1.82, 2.24) is 10.8 Å². The van der Waals surface area contributed by atoms with E-state index in [0.29, 0.717) is 12.0 Å². The minimum Gasteiger partial charge on any atom is -0.391 e. The van der Waals surface area contributed by atoms with Crippen LogP contribution in [0.4, 0.5) is 0 Å². The quantitative estimate of drug-likeness (QED) is 0.749. The molecule has 2 fully saturated rings. The van der Waals surface area contributed by atoms with Gasteiger partial charge in [0.2, 0.25) is 0 Å². The van der Waals surface area contributed by atoms with Crippen molar-refractivity contribution in [2.45, 2.75) is 50.3 Å². The maximum atomic E-state index is 10.6. The molecule has 4 heteroatoms. The van der Waals surface area contributed by atoms with Gasteiger partial charge in [0.25, 0.3) is 0 Å². The van der Waals surface area contributed by atoms with E-state index < -0.39 is 0 Å². The van der Waals surface area contributed by atoms with Crippen LogP contribution in [-0.2, 0) is 4.84 Å². The average Bonchev–Trinajstić information content (AvgIpc) is 2.94. The van der Waals surface area contributed by atoms with Gasteiger partial charge in [-0.1, -0.05) is 49.4 Å². The Morgan fingerprint density at radius 3 is 2.76 bits per heavy atom. The van der Waals surface area contributed by atoms with Crippen LogP contribution in [0.3, 0.4) is 0 Å². The van der Waals surface area contributed by atoms with Gasteiger partial charge in [-0.25, -0.2) is 0 Å². The highest BCUT2D eigenvalue weighted by molar-refractivity contribution is 5.83. The zero-order chi connectivity index (χ0) is 17.4. The highest BCUT2D eigenvalue weighted by atomic mass is 16.6. The lowest BCUT2D eigenvalue weighted by atomic mass is 9.79. The molecule has 2 unspecified atom stereocenters. The Morgan fingerprint density at radius 1 is 1.20 bits per heavy atom. The van der Waals surface area contributed by atoms with Gasteiger partial charge in [-0.2, -0.15) is 0 Å². The smallest absolute Gasteiger partial charge is 0.0747 e. The number of rotatable bonds is 4. The summed E-state index contributed by atoms with van der Waals surface area (Å²) in [6.07, 6.45) is 2.35. The molecule has 25 heavy (non-hydrogen) atoms. The number of aliphatic hydroxyl groups is 1. The highest BCUT2D eigenvalue weighted by Crippen LogP contribution is 2.43. The molecule has 0 aliphatic carbocycles. The van der Waals surface area contributed by atoms with Crippen molar-refractivity contribution in [1.29, 1.82) is 0 Å². The second kappa shape index (κ2) is 6.79. The van der Waals surface area contributed by atoms with Crippen molar-refractivity contribution in [3.63, 3.8) is 0 Å². The Bertz CT molecular complexity index is 801. The van der Waals surface area contributed by atoms with E-state index in [-0.39, 0.29) is 12.1 Å². The minimum atomic E-state index is -0.328. The number of benzene rings is 2. The molecule has 132 valence electrons. The van der Waals surface area contributed by atoms with Crippen molar-refractivity contribution in [3.05, 3.63) is 59.3 Å². The molecular weight excluding hydrogens is 312 g/mol. The van der Waals surface area contributed by atoms with E-state index in [1.807, 2.05) is 0 Å². The van der Waals surface area contributed by atoms with E-state index in [4.69, 9.17) is 4.84 Å². The SMILES string of the molecule is CCC(NOC)=C1[C@H]2NC(CC2O)C[C@@H]1c1ccc2ccccc2c1. The van der Waals surface area contributed by atoms with Crippen molar-refractivity contribution in [2.75, 3.05) is 7.11 Å². The lowest BCUT2D eigenvalue weighted by Crippen LogP contribution is -2.44. The topological polar surface area (TPSA) is 53.5 Å². The number of nitrogens with one attached hydrogen (secondary N) is 2. The molecule has 3 N–H and O–H groups in total. The van der Waals surface area contributed by atoms with Crippen LogP contribution < -0.4 is 10.8 Å². The standard InChI is InChI=1S/C21H26N2O2/c1-3-18(23-25-2)20-17(11-16-12-19(24)21(20)22-16)15-9-8-13-6-4-5-7-14(13)10-15/h4-10,16-17,19,21-24H,3,11-12H2,1-2H3/t16?,17-,19?,21+/m1/s1. The molecular formula is C21H26N2O2. The van der Waals surface area contributed by atoms with Crippen LogP contribution in [0.5, 0.6) is 0 Å². The molecule has 0 aromatic heterocycles. The Hall–Kier alpha value is -1.88. The van der Waals surface area contributed by atoms with Gasteiger partial charge in [-0.3, -0.25) is 10.3 Å². The second-order valence-electron chi connectivity index (χ2n) is 7.13. The van der Waals surface area contributed by atoms with Gasteiger partial charge in [0.05, 0.1) is 19.3 Å². The lowest BCUT2D eigenvalue weighted by molar-refractivity contribution is 0.111. The molecule has 2 aromatic rings. The fourth-order valence-electron chi connectivity index (χ4n) is 4.55. The number of allylic oxidation sites excluding steroid dienone is 1. The summed E-state index contributed by atoms with van der Waals surface area (Å²) < 4.78 is 0. The Morgan fingerprint density at radius 2 is 2.00 bits per heavy atom. The van der Waals surface area contributed by atoms with Crippen LogP contribution in [0.25, 0.3) is 10.8 Å². The highest BCUT2D eigenvalue weighted by Gasteiger charge is 2.44. The van der Waals surface area contributed by atoms with Gasteiger partial charge in [-0.15, -0.1) is 0 Å². The summed E-state index contributed by atoms with van der Waals surface area (Å²) in [7, 11) is 1.64. The van der Waals surface area contributed by atoms with E-state index in [9.17, 15) is 5.11 Å². The predicted octanol–water partition coefficient (Wildman–Crippen LogP) is 3.23. The molecule has 0 amide bonds. The molecule has 4 nitrogen and oxygen atoms in total. The molecule has 2 heterocycles. The van der Waals surface area contributed by atoms with Crippen LogP contribution in [-0.4, -0.2) is 30.4 Å². The third-order valence-electron chi connectivity index (χ3n) is 5.66. The lowest BCUT2D eigenvalue weighted by Gasteiger charge is -2.35. The Labute approximate surface area is 148 Å². The minimum absolute atomic E-state index is 0.00724. The van der Waals surface area contributed by atoms with Crippen LogP contribution in [0.2, 0.25) is 0 Å². The van der Waals surface area contributed by atoms with Gasteiger partial charge in [0.1, 0.15) is 0 Å². The Kier molecular flexibility index (Phi) is 4.50. The molecule has 0 radical (unpaired) electrons. The average molecular weight is 338 g/mol. The Balaban J connectivity index is 1.81. The first-order valence-corrected chi connectivity index (χ1v) is 9.16. The van der Waals surface area contributed by atoms with Gasteiger partial charge in [-0.05, 0) is 41.2 Å². The molecule has 4 rings (SSSR count). The molecule has 0 saturated carbocycles. The predicted molar refractivity (Wildman–Crippen MR) is 100 cm³/mol. The summed E-state index contributed by atoms with van der Waals surface area (Å²) in [6.45, 7) is 2.12. The number of aliphatic hydroxyl groups excluding tert-OH is 1. The summed E-state index contributed by atoms with van der Waals surface area (Å²) in [5.74, 6) is 0.301. The van der Waals surface area contributed by atoms with Crippen LogP contribution in [0.15, 0.2) is 53.7 Å². The van der Waals surface area contributed by atoms with Gasteiger partial charge in [0, 0.05) is 17.7 Å². The molecule has 0 spiro atoms. The summed E-state index contributed by atoms with van der Waals surface area (Å²) in [6, 6.07) is 15.6. The summed E-state index contributed by atoms with van der Waals surface area (Å²) in [5.41, 5.74) is 6.73. The fraction of sp³-hybridized carbons (Fsp3) is 0.429. The maximum Gasteiger partial charge on any atom is 0.0747 e. The summed E-state index contributed by atoms with van der Waals surface area (Å²) in [4.78, 5) is 5.23. The first kappa shape index (κ1) is 16.6. The van der Waals surface area contributed by atoms with E-state index >= 15 is 0 Å². The van der Waals surface area contributed by atoms with Gasteiger partial charge in [0.15, 0.2) is 0 Å². The number of fused-ring (bicyclic) bond motifs is 3. The third kappa shape index (κ3) is 2.95. The van der Waals surface area contributed by atoms with Gasteiger partial charge < -0.3 is 10.4 Å². The fourth-order valence-corrected chi connectivity index (χ4v) is 4.55. The monoisotopic (exact) mass is 338 g/mol. The normalized spacial score (nSPS) is 30.5. The molecule has 2 aliphatic rings. The van der Waals surface area contributed by atoms with E-state index in [1.165, 1.54) is 21.9 Å². The third-order valence-corrected chi connectivity index (χ3v) is 5.66. The molecule has 2 bridgehead atoms. The number of hydrogen-bond acceptors (Lipinski definition) is 4. The van der Waals surface area contributed by atoms with E-state index in [0.717, 1.165) is 25.0 Å². The zero-order valence-corrected chi connectivity index (χ0v) is 14.8. The summed E-state index contributed by atoms with van der Waals surface area (Å²) >= 11 is 0. The van der Waals surface area contributed by atoms with Crippen molar-refractivity contribution in [2.24, 2.45) is 0 Å². The van der Waals surface area contributed by atoms with E-state index in [1.54, 1.807) is 7.11 Å². The van der Waals surface area contributed by atoms with Crippen molar-refractivity contribution < 1.29 is 9.94 Å². The number of hydroxylamine groups is 1. The van der Waals surface area contributed by atoms with Crippen molar-refractivity contribution in [3.8, 4) is 0 Å². The number of hydrogen-bond donors (Lipinski definition) is 3. The van der Waals surface area contributed by atoms with E-state index in [2.05, 4.69) is 60.2 Å². The molecule has 4 atom stereocenters.